The lowest BCUT2D eigenvalue weighted by Gasteiger charge is -2.26. The lowest BCUT2D eigenvalue weighted by molar-refractivity contribution is -0.131. The third kappa shape index (κ3) is 6.05. The molecule has 0 spiro atoms. The van der Waals surface area contributed by atoms with Gasteiger partial charge in [-0.15, -0.1) is 28.1 Å². The summed E-state index contributed by atoms with van der Waals surface area (Å²) in [5.41, 5.74) is 1.72. The van der Waals surface area contributed by atoms with Gasteiger partial charge in [0.05, 0.1) is 17.7 Å². The Morgan fingerprint density at radius 3 is 2.71 bits per heavy atom. The fourth-order valence-electron chi connectivity index (χ4n) is 4.02. The number of carbonyl (C=O) groups is 2. The lowest BCUT2D eigenvalue weighted by Crippen LogP contribution is -2.44. The number of hydrogen-bond donors (Lipinski definition) is 0. The molecule has 8 nitrogen and oxygen atoms in total. The number of carbonyl (C=O) groups excluding carboxylic acids is 2. The highest BCUT2D eigenvalue weighted by atomic mass is 32.1. The van der Waals surface area contributed by atoms with Crippen LogP contribution in [0.15, 0.2) is 66.6 Å². The molecule has 1 aromatic carbocycles. The van der Waals surface area contributed by atoms with Crippen molar-refractivity contribution in [3.8, 4) is 17.0 Å². The number of ether oxygens (including phenoxy) is 1. The summed E-state index contributed by atoms with van der Waals surface area (Å²) < 4.78 is 5.29. The molecule has 0 N–H and O–H groups in total. The molecule has 4 rings (SSSR count). The number of aromatic nitrogens is 2. The summed E-state index contributed by atoms with van der Waals surface area (Å²) in [6.45, 7) is 6.74. The van der Waals surface area contributed by atoms with E-state index >= 15 is 0 Å². The second-order valence-corrected chi connectivity index (χ2v) is 9.13. The van der Waals surface area contributed by atoms with Gasteiger partial charge in [0.25, 0.3) is 5.91 Å². The number of anilines is 1. The highest BCUT2D eigenvalue weighted by molar-refractivity contribution is 7.12. The molecule has 3 aromatic rings. The highest BCUT2D eigenvalue weighted by Crippen LogP contribution is 2.23. The van der Waals surface area contributed by atoms with Crippen molar-refractivity contribution in [3.63, 3.8) is 0 Å². The molecule has 0 saturated carbocycles. The summed E-state index contributed by atoms with van der Waals surface area (Å²) in [5, 5.41) is 10.7. The first-order valence-electron chi connectivity index (χ1n) is 11.5. The third-order valence-electron chi connectivity index (χ3n) is 5.88. The standard InChI is InChI=1S/C26H29N5O3S/c1-3-12-31(26(33)23-9-5-17-35-23)19-25(32)30-14-6-13-29(15-16-30)24-11-10-22(27-28-24)20-7-4-8-21(18-20)34-2/h3-5,7-11,17-18H,1,6,12-16,19H2,2H3. The molecular formula is C26H29N5O3S. The summed E-state index contributed by atoms with van der Waals surface area (Å²) in [5.74, 6) is 1.36. The maximum atomic E-state index is 13.1. The summed E-state index contributed by atoms with van der Waals surface area (Å²) >= 11 is 1.37. The predicted octanol–water partition coefficient (Wildman–Crippen LogP) is 3.58. The molecule has 1 fully saturated rings. The number of nitrogens with zero attached hydrogens (tertiary/aromatic N) is 5. The van der Waals surface area contributed by atoms with Gasteiger partial charge in [-0.05, 0) is 42.1 Å². The Bertz CT molecular complexity index is 1150. The van der Waals surface area contributed by atoms with E-state index in [0.29, 0.717) is 31.1 Å². The van der Waals surface area contributed by atoms with Crippen molar-refractivity contribution in [1.82, 2.24) is 20.0 Å². The molecule has 35 heavy (non-hydrogen) atoms. The van der Waals surface area contributed by atoms with Gasteiger partial charge >= 0.3 is 0 Å². The van der Waals surface area contributed by atoms with E-state index in [0.717, 1.165) is 35.8 Å². The van der Waals surface area contributed by atoms with E-state index in [9.17, 15) is 9.59 Å². The smallest absolute Gasteiger partial charge is 0.264 e. The SMILES string of the molecule is C=CCN(CC(=O)N1CCCN(c2ccc(-c3cccc(OC)c3)nn2)CC1)C(=O)c1cccs1. The van der Waals surface area contributed by atoms with Gasteiger partial charge in [-0.3, -0.25) is 9.59 Å². The Hall–Kier alpha value is -3.72. The van der Waals surface area contributed by atoms with Crippen LogP contribution in [0.3, 0.4) is 0 Å². The van der Waals surface area contributed by atoms with Crippen LogP contribution in [0.4, 0.5) is 5.82 Å². The minimum Gasteiger partial charge on any atom is -0.497 e. The number of rotatable bonds is 8. The van der Waals surface area contributed by atoms with Gasteiger partial charge in [0, 0.05) is 38.3 Å². The highest BCUT2D eigenvalue weighted by Gasteiger charge is 2.24. The fraction of sp³-hybridized carbons (Fsp3) is 0.308. The van der Waals surface area contributed by atoms with E-state index in [4.69, 9.17) is 4.74 Å². The normalized spacial score (nSPS) is 13.7. The largest absolute Gasteiger partial charge is 0.497 e. The summed E-state index contributed by atoms with van der Waals surface area (Å²) in [4.78, 5) is 32.0. The van der Waals surface area contributed by atoms with Crippen molar-refractivity contribution in [2.45, 2.75) is 6.42 Å². The molecule has 0 unspecified atom stereocenters. The zero-order valence-corrected chi connectivity index (χ0v) is 20.6. The van der Waals surface area contributed by atoms with Gasteiger partial charge in [0.15, 0.2) is 5.82 Å². The molecule has 0 atom stereocenters. The molecule has 182 valence electrons. The van der Waals surface area contributed by atoms with E-state index in [-0.39, 0.29) is 18.4 Å². The average molecular weight is 492 g/mol. The van der Waals surface area contributed by atoms with Crippen molar-refractivity contribution < 1.29 is 14.3 Å². The van der Waals surface area contributed by atoms with E-state index in [2.05, 4.69) is 21.7 Å². The maximum Gasteiger partial charge on any atom is 0.264 e. The zero-order chi connectivity index (χ0) is 24.6. The molecular weight excluding hydrogens is 462 g/mol. The van der Waals surface area contributed by atoms with Crippen molar-refractivity contribution in [2.75, 3.05) is 51.3 Å². The van der Waals surface area contributed by atoms with Gasteiger partial charge in [0.2, 0.25) is 5.91 Å². The quantitative estimate of drug-likeness (QED) is 0.448. The van der Waals surface area contributed by atoms with Gasteiger partial charge in [-0.25, -0.2) is 0 Å². The van der Waals surface area contributed by atoms with Crippen LogP contribution in [0.2, 0.25) is 0 Å². The Morgan fingerprint density at radius 1 is 1.11 bits per heavy atom. The topological polar surface area (TPSA) is 78.9 Å². The fourth-order valence-corrected chi connectivity index (χ4v) is 4.71. The minimum absolute atomic E-state index is 0.0395. The van der Waals surface area contributed by atoms with Crippen molar-refractivity contribution in [3.05, 3.63) is 71.4 Å². The second kappa shape index (κ2) is 11.6. The summed E-state index contributed by atoms with van der Waals surface area (Å²) in [6, 6.07) is 15.2. The van der Waals surface area contributed by atoms with Crippen LogP contribution >= 0.6 is 11.3 Å². The van der Waals surface area contributed by atoms with Crippen LogP contribution in [0.5, 0.6) is 5.75 Å². The Labute approximate surface area is 209 Å². The minimum atomic E-state index is -0.143. The van der Waals surface area contributed by atoms with Crippen LogP contribution in [0.25, 0.3) is 11.3 Å². The number of thiophene rings is 1. The van der Waals surface area contributed by atoms with Crippen LogP contribution in [-0.4, -0.2) is 78.2 Å². The third-order valence-corrected chi connectivity index (χ3v) is 6.74. The first-order valence-corrected chi connectivity index (χ1v) is 12.4. The molecule has 3 heterocycles. The van der Waals surface area contributed by atoms with Crippen LogP contribution in [-0.2, 0) is 4.79 Å². The first-order chi connectivity index (χ1) is 17.1. The molecule has 1 aliphatic heterocycles. The van der Waals surface area contributed by atoms with Crippen molar-refractivity contribution in [1.29, 1.82) is 0 Å². The number of benzene rings is 1. The summed E-state index contributed by atoms with van der Waals surface area (Å²) in [7, 11) is 1.64. The van der Waals surface area contributed by atoms with Crippen LogP contribution in [0, 0.1) is 0 Å². The maximum absolute atomic E-state index is 13.1. The van der Waals surface area contributed by atoms with Gasteiger partial charge in [-0.1, -0.05) is 24.3 Å². The molecule has 1 saturated heterocycles. The average Bonchev–Trinajstić information content (AvgIpc) is 3.32. The first kappa shape index (κ1) is 24.4. The van der Waals surface area contributed by atoms with Gasteiger partial charge in [0.1, 0.15) is 12.3 Å². The van der Waals surface area contributed by atoms with Gasteiger partial charge < -0.3 is 19.4 Å². The zero-order valence-electron chi connectivity index (χ0n) is 19.8. The number of hydrogen-bond acceptors (Lipinski definition) is 7. The molecule has 0 bridgehead atoms. The molecule has 2 aromatic heterocycles. The summed E-state index contributed by atoms with van der Waals surface area (Å²) in [6.07, 6.45) is 2.46. The van der Waals surface area contributed by atoms with Crippen LogP contribution < -0.4 is 9.64 Å². The Kier molecular flexibility index (Phi) is 8.10. The molecule has 1 aliphatic rings. The van der Waals surface area contributed by atoms with E-state index in [1.54, 1.807) is 24.2 Å². The Balaban J connectivity index is 1.37. The van der Waals surface area contributed by atoms with Crippen LogP contribution in [0.1, 0.15) is 16.1 Å². The lowest BCUT2D eigenvalue weighted by atomic mass is 10.1. The van der Waals surface area contributed by atoms with E-state index in [1.165, 1.54) is 11.3 Å². The van der Waals surface area contributed by atoms with Gasteiger partial charge in [-0.2, -0.15) is 0 Å². The number of amides is 2. The molecule has 2 amide bonds. The van der Waals surface area contributed by atoms with Crippen molar-refractivity contribution in [2.24, 2.45) is 0 Å². The number of methoxy groups -OCH3 is 1. The van der Waals surface area contributed by atoms with Crippen molar-refractivity contribution >= 4 is 29.0 Å². The van der Waals surface area contributed by atoms with E-state index in [1.807, 2.05) is 52.7 Å². The molecule has 0 aliphatic carbocycles. The second-order valence-electron chi connectivity index (χ2n) is 8.18. The predicted molar refractivity (Wildman–Crippen MR) is 138 cm³/mol. The monoisotopic (exact) mass is 491 g/mol. The molecule has 9 heteroatoms. The molecule has 0 radical (unpaired) electrons. The van der Waals surface area contributed by atoms with E-state index < -0.39 is 0 Å². The Morgan fingerprint density at radius 2 is 2.00 bits per heavy atom.